The number of Topliss-reactive ketones (excluding diaryl/α,β-unsaturated/α-hetero) is 1. The van der Waals surface area contributed by atoms with Crippen molar-refractivity contribution in [1.29, 1.82) is 0 Å². The summed E-state index contributed by atoms with van der Waals surface area (Å²) in [6.45, 7) is 8.21. The Morgan fingerprint density at radius 1 is 1.03 bits per heavy atom. The molecule has 0 amide bonds. The summed E-state index contributed by atoms with van der Waals surface area (Å²) in [5, 5.41) is 0.836. The second-order valence-corrected chi connectivity index (χ2v) is 9.84. The SMILES string of the molecule is CCC(CC)[C@H](Oc1ccc(Cl)cc1Cl)[C@H](C)OC(=O)[C@H](C)CC(=O)c1nccc(OC)c1OCOC(C)=O. The van der Waals surface area contributed by atoms with Gasteiger partial charge in [0.05, 0.1) is 18.1 Å². The maximum atomic E-state index is 13.1. The van der Waals surface area contributed by atoms with E-state index in [0.29, 0.717) is 15.8 Å². The molecule has 0 radical (unpaired) electrons. The van der Waals surface area contributed by atoms with Crippen molar-refractivity contribution in [1.82, 2.24) is 4.98 Å². The quantitative estimate of drug-likeness (QED) is 0.135. The van der Waals surface area contributed by atoms with Crippen LogP contribution in [0.1, 0.15) is 64.4 Å². The van der Waals surface area contributed by atoms with E-state index in [1.807, 2.05) is 13.8 Å². The summed E-state index contributed by atoms with van der Waals surface area (Å²) in [7, 11) is 1.40. The lowest BCUT2D eigenvalue weighted by Gasteiger charge is -2.32. The molecule has 0 bridgehead atoms. The number of benzene rings is 1. The molecule has 0 N–H and O–H groups in total. The normalized spacial score (nSPS) is 13.3. The molecule has 1 heterocycles. The van der Waals surface area contributed by atoms with Gasteiger partial charge in [0.15, 0.2) is 23.0 Å². The fourth-order valence-electron chi connectivity index (χ4n) is 3.97. The van der Waals surface area contributed by atoms with Gasteiger partial charge in [0.1, 0.15) is 18.0 Å². The first kappa shape index (κ1) is 32.2. The number of esters is 2. The predicted octanol–water partition coefficient (Wildman–Crippen LogP) is 6.32. The smallest absolute Gasteiger partial charge is 0.309 e. The minimum Gasteiger partial charge on any atom is -0.493 e. The van der Waals surface area contributed by atoms with E-state index in [-0.39, 0.29) is 29.5 Å². The number of methoxy groups -OCH3 is 1. The Balaban J connectivity index is 2.15. The number of nitrogens with zero attached hydrogens (tertiary/aromatic N) is 1. The molecular weight excluding hydrogens is 549 g/mol. The van der Waals surface area contributed by atoms with E-state index in [1.54, 1.807) is 32.0 Å². The topological polar surface area (TPSA) is 110 Å². The number of carbonyl (C=O) groups is 3. The second kappa shape index (κ2) is 15.5. The van der Waals surface area contributed by atoms with Crippen LogP contribution in [0.15, 0.2) is 30.5 Å². The number of pyridine rings is 1. The lowest BCUT2D eigenvalue weighted by Crippen LogP contribution is -2.40. The average molecular weight is 584 g/mol. The van der Waals surface area contributed by atoms with Crippen LogP contribution < -0.4 is 14.2 Å². The Kier molecular flexibility index (Phi) is 12.8. The van der Waals surface area contributed by atoms with Gasteiger partial charge in [-0.1, -0.05) is 44.0 Å². The third-order valence-corrected chi connectivity index (χ3v) is 6.68. The highest BCUT2D eigenvalue weighted by Crippen LogP contribution is 2.33. The fraction of sp³-hybridized carbons (Fsp3) is 0.500. The molecular formula is C28H35Cl2NO8. The molecule has 2 aromatic rings. The lowest BCUT2D eigenvalue weighted by molar-refractivity contribution is -0.159. The van der Waals surface area contributed by atoms with Gasteiger partial charge in [-0.05, 0) is 43.9 Å². The van der Waals surface area contributed by atoms with Crippen molar-refractivity contribution < 1.29 is 38.1 Å². The summed E-state index contributed by atoms with van der Waals surface area (Å²) >= 11 is 12.3. The van der Waals surface area contributed by atoms with Gasteiger partial charge in [-0.2, -0.15) is 0 Å². The zero-order valence-electron chi connectivity index (χ0n) is 23.0. The number of hydrogen-bond donors (Lipinski definition) is 0. The molecule has 214 valence electrons. The summed E-state index contributed by atoms with van der Waals surface area (Å²) in [5.41, 5.74) is -0.0511. The van der Waals surface area contributed by atoms with Gasteiger partial charge in [-0.25, -0.2) is 4.98 Å². The number of ketones is 1. The highest BCUT2D eigenvalue weighted by molar-refractivity contribution is 6.35. The Morgan fingerprint density at radius 3 is 2.31 bits per heavy atom. The predicted molar refractivity (Wildman–Crippen MR) is 147 cm³/mol. The molecule has 0 aliphatic heterocycles. The Labute approximate surface area is 239 Å². The number of aromatic nitrogens is 1. The summed E-state index contributed by atoms with van der Waals surface area (Å²) in [6.07, 6.45) is 1.65. The Hall–Kier alpha value is -3.04. The van der Waals surface area contributed by atoms with Gasteiger partial charge in [-0.15, -0.1) is 0 Å². The Morgan fingerprint density at radius 2 is 1.72 bits per heavy atom. The zero-order valence-corrected chi connectivity index (χ0v) is 24.5. The molecule has 3 atom stereocenters. The first-order valence-electron chi connectivity index (χ1n) is 12.7. The molecule has 0 saturated carbocycles. The van der Waals surface area contributed by atoms with Gasteiger partial charge in [0, 0.05) is 30.6 Å². The number of ether oxygens (including phenoxy) is 5. The van der Waals surface area contributed by atoms with Crippen LogP contribution in [0, 0.1) is 11.8 Å². The molecule has 11 heteroatoms. The highest BCUT2D eigenvalue weighted by Gasteiger charge is 2.32. The first-order valence-corrected chi connectivity index (χ1v) is 13.4. The minimum atomic E-state index is -0.796. The second-order valence-electron chi connectivity index (χ2n) is 8.99. The molecule has 1 aromatic carbocycles. The first-order chi connectivity index (χ1) is 18.5. The van der Waals surface area contributed by atoms with Crippen molar-refractivity contribution in [2.24, 2.45) is 11.8 Å². The molecule has 1 aromatic heterocycles. The maximum Gasteiger partial charge on any atom is 0.309 e. The van der Waals surface area contributed by atoms with Crippen LogP contribution in [-0.2, 0) is 19.1 Å². The molecule has 0 saturated heterocycles. The van der Waals surface area contributed by atoms with Gasteiger partial charge in [-0.3, -0.25) is 14.4 Å². The molecule has 39 heavy (non-hydrogen) atoms. The molecule has 0 unspecified atom stereocenters. The van der Waals surface area contributed by atoms with Gasteiger partial charge >= 0.3 is 11.9 Å². The van der Waals surface area contributed by atoms with Crippen LogP contribution in [0.4, 0.5) is 0 Å². The van der Waals surface area contributed by atoms with Crippen molar-refractivity contribution in [2.45, 2.75) is 66.1 Å². The van der Waals surface area contributed by atoms with Crippen LogP contribution in [0.5, 0.6) is 17.2 Å². The van der Waals surface area contributed by atoms with E-state index in [4.69, 9.17) is 46.9 Å². The van der Waals surface area contributed by atoms with Crippen molar-refractivity contribution in [3.05, 3.63) is 46.2 Å². The van der Waals surface area contributed by atoms with Crippen molar-refractivity contribution in [3.8, 4) is 17.2 Å². The van der Waals surface area contributed by atoms with Gasteiger partial charge < -0.3 is 23.7 Å². The van der Waals surface area contributed by atoms with E-state index in [9.17, 15) is 14.4 Å². The summed E-state index contributed by atoms with van der Waals surface area (Å²) in [4.78, 5) is 41.3. The van der Waals surface area contributed by atoms with Gasteiger partial charge in [0.25, 0.3) is 0 Å². The zero-order chi connectivity index (χ0) is 29.1. The molecule has 0 aliphatic rings. The third kappa shape index (κ3) is 9.28. The number of halogens is 2. The van der Waals surface area contributed by atoms with Crippen LogP contribution in [0.2, 0.25) is 10.0 Å². The summed E-state index contributed by atoms with van der Waals surface area (Å²) in [6, 6.07) is 6.44. The monoisotopic (exact) mass is 583 g/mol. The third-order valence-electron chi connectivity index (χ3n) is 6.15. The number of carbonyl (C=O) groups excluding carboxylic acids is 3. The minimum absolute atomic E-state index is 0.0160. The number of hydrogen-bond acceptors (Lipinski definition) is 9. The molecule has 0 aliphatic carbocycles. The van der Waals surface area contributed by atoms with E-state index < -0.39 is 42.6 Å². The maximum absolute atomic E-state index is 13.1. The van der Waals surface area contributed by atoms with Gasteiger partial charge in [0.2, 0.25) is 6.79 Å². The van der Waals surface area contributed by atoms with Crippen molar-refractivity contribution in [2.75, 3.05) is 13.9 Å². The molecule has 9 nitrogen and oxygen atoms in total. The fourth-order valence-corrected chi connectivity index (χ4v) is 4.42. The highest BCUT2D eigenvalue weighted by atomic mass is 35.5. The largest absolute Gasteiger partial charge is 0.493 e. The standard InChI is InChI=1S/C28H35Cl2NO8/c1-7-19(8-2)26(39-23-10-9-20(29)14-21(23)30)17(4)38-28(34)16(3)13-22(33)25-27(37-15-36-18(5)32)24(35-6)11-12-31-25/h9-12,14,16-17,19,26H,7-8,13,15H2,1-6H3/t16-,17+,26-/m1/s1. The molecule has 0 spiro atoms. The average Bonchev–Trinajstić information content (AvgIpc) is 2.89. The van der Waals surface area contributed by atoms with Crippen LogP contribution in [0.25, 0.3) is 0 Å². The van der Waals surface area contributed by atoms with E-state index in [0.717, 1.165) is 12.8 Å². The van der Waals surface area contributed by atoms with E-state index in [1.165, 1.54) is 26.3 Å². The van der Waals surface area contributed by atoms with E-state index in [2.05, 4.69) is 4.98 Å². The van der Waals surface area contributed by atoms with Crippen molar-refractivity contribution in [3.63, 3.8) is 0 Å². The number of rotatable bonds is 15. The van der Waals surface area contributed by atoms with Crippen LogP contribution in [0.3, 0.4) is 0 Å². The van der Waals surface area contributed by atoms with E-state index >= 15 is 0 Å². The summed E-state index contributed by atoms with van der Waals surface area (Å²) < 4.78 is 27.5. The van der Waals surface area contributed by atoms with Crippen molar-refractivity contribution >= 4 is 40.9 Å². The van der Waals surface area contributed by atoms with Crippen LogP contribution in [-0.4, -0.2) is 48.8 Å². The summed E-state index contributed by atoms with van der Waals surface area (Å²) in [5.74, 6) is -1.62. The molecule has 2 rings (SSSR count). The van der Waals surface area contributed by atoms with Crippen LogP contribution >= 0.6 is 23.2 Å². The lowest BCUT2D eigenvalue weighted by atomic mass is 9.92. The molecule has 0 fully saturated rings. The Bertz CT molecular complexity index is 1140.